The molecule has 1 aliphatic rings. The number of allylic oxidation sites excluding steroid dienone is 4. The molecule has 0 aromatic carbocycles. The summed E-state index contributed by atoms with van der Waals surface area (Å²) >= 11 is 0. The molecule has 0 spiro atoms. The van der Waals surface area contributed by atoms with Crippen LogP contribution in [0.3, 0.4) is 0 Å². The van der Waals surface area contributed by atoms with Gasteiger partial charge in [-0.15, -0.1) is 0 Å². The minimum absolute atomic E-state index is 0.0805. The monoisotopic (exact) mass is 140 g/mol. The largest absolute Gasteiger partial charge is 0.207 e. The van der Waals surface area contributed by atoms with Gasteiger partial charge in [0, 0.05) is 0 Å². The van der Waals surface area contributed by atoms with Crippen LogP contribution in [0.4, 0.5) is 4.39 Å². The van der Waals surface area contributed by atoms with E-state index in [0.29, 0.717) is 11.8 Å². The maximum Gasteiger partial charge on any atom is 0.119 e. The maximum atomic E-state index is 12.6. The fourth-order valence-corrected chi connectivity index (χ4v) is 1.21. The molecule has 2 unspecified atom stereocenters. The lowest BCUT2D eigenvalue weighted by molar-refractivity contribution is 0.495. The molecule has 0 heterocycles. The average Bonchev–Trinajstić information content (AvgIpc) is 1.82. The van der Waals surface area contributed by atoms with E-state index in [0.717, 1.165) is 5.57 Å². The van der Waals surface area contributed by atoms with E-state index in [1.165, 1.54) is 0 Å². The Kier molecular flexibility index (Phi) is 1.93. The first-order valence-electron chi connectivity index (χ1n) is 3.67. The smallest absolute Gasteiger partial charge is 0.119 e. The molecule has 1 aliphatic carbocycles. The van der Waals surface area contributed by atoms with Crippen molar-refractivity contribution >= 4 is 0 Å². The second-order valence-electron chi connectivity index (χ2n) is 3.09. The van der Waals surface area contributed by atoms with Crippen LogP contribution in [0.15, 0.2) is 23.6 Å². The van der Waals surface area contributed by atoms with Gasteiger partial charge in [-0.2, -0.15) is 0 Å². The molecule has 0 aliphatic heterocycles. The van der Waals surface area contributed by atoms with Crippen LogP contribution in [0.5, 0.6) is 0 Å². The fraction of sp³-hybridized carbons (Fsp3) is 0.556. The molecular formula is C9H13F. The van der Waals surface area contributed by atoms with Gasteiger partial charge in [-0.25, -0.2) is 4.39 Å². The number of halogens is 1. The molecule has 0 nitrogen and oxygen atoms in total. The Morgan fingerprint density at radius 1 is 1.40 bits per heavy atom. The summed E-state index contributed by atoms with van der Waals surface area (Å²) in [5, 5.41) is 0. The quantitative estimate of drug-likeness (QED) is 0.485. The molecule has 10 heavy (non-hydrogen) atoms. The predicted molar refractivity (Wildman–Crippen MR) is 41.3 cm³/mol. The summed E-state index contributed by atoms with van der Waals surface area (Å²) in [4.78, 5) is 0. The lowest BCUT2D eigenvalue weighted by Gasteiger charge is -2.20. The van der Waals surface area contributed by atoms with Crippen LogP contribution in [-0.2, 0) is 0 Å². The minimum atomic E-state index is -0.0805. The van der Waals surface area contributed by atoms with Crippen LogP contribution in [-0.4, -0.2) is 0 Å². The SMILES string of the molecule is CC1=CC(F)=CC(C)C1C. The van der Waals surface area contributed by atoms with E-state index in [-0.39, 0.29) is 5.83 Å². The highest BCUT2D eigenvalue weighted by Crippen LogP contribution is 2.28. The highest BCUT2D eigenvalue weighted by Gasteiger charge is 2.16. The molecule has 0 aromatic rings. The Labute approximate surface area is 61.4 Å². The third-order valence-corrected chi connectivity index (χ3v) is 2.29. The van der Waals surface area contributed by atoms with Gasteiger partial charge in [0.15, 0.2) is 0 Å². The molecular weight excluding hydrogens is 127 g/mol. The standard InChI is InChI=1S/C9H13F/c1-6-4-9(10)5-7(2)8(6)3/h4-6,8H,1-3H3. The Hall–Kier alpha value is -0.590. The molecule has 0 radical (unpaired) electrons. The van der Waals surface area contributed by atoms with Crippen LogP contribution in [0.25, 0.3) is 0 Å². The van der Waals surface area contributed by atoms with Crippen molar-refractivity contribution in [3.8, 4) is 0 Å². The van der Waals surface area contributed by atoms with Gasteiger partial charge in [0.2, 0.25) is 0 Å². The number of rotatable bonds is 0. The Bertz CT molecular complexity index is 189. The molecule has 0 aromatic heterocycles. The van der Waals surface area contributed by atoms with Gasteiger partial charge >= 0.3 is 0 Å². The van der Waals surface area contributed by atoms with Gasteiger partial charge in [-0.3, -0.25) is 0 Å². The van der Waals surface area contributed by atoms with Crippen molar-refractivity contribution in [2.24, 2.45) is 11.8 Å². The maximum absolute atomic E-state index is 12.6. The topological polar surface area (TPSA) is 0 Å². The van der Waals surface area contributed by atoms with Crippen molar-refractivity contribution in [3.05, 3.63) is 23.6 Å². The molecule has 0 N–H and O–H groups in total. The van der Waals surface area contributed by atoms with Crippen LogP contribution in [0.1, 0.15) is 20.8 Å². The molecule has 0 amide bonds. The molecule has 56 valence electrons. The summed E-state index contributed by atoms with van der Waals surface area (Å²) in [7, 11) is 0. The van der Waals surface area contributed by atoms with Crippen LogP contribution in [0.2, 0.25) is 0 Å². The molecule has 2 atom stereocenters. The number of hydrogen-bond donors (Lipinski definition) is 0. The van der Waals surface area contributed by atoms with E-state index < -0.39 is 0 Å². The van der Waals surface area contributed by atoms with E-state index in [4.69, 9.17) is 0 Å². The van der Waals surface area contributed by atoms with Crippen molar-refractivity contribution in [2.45, 2.75) is 20.8 Å². The highest BCUT2D eigenvalue weighted by molar-refractivity contribution is 5.25. The van der Waals surface area contributed by atoms with E-state index in [1.54, 1.807) is 12.2 Å². The zero-order valence-corrected chi connectivity index (χ0v) is 6.69. The van der Waals surface area contributed by atoms with Gasteiger partial charge in [-0.05, 0) is 30.9 Å². The lowest BCUT2D eigenvalue weighted by Crippen LogP contribution is -2.10. The van der Waals surface area contributed by atoms with Crippen molar-refractivity contribution < 1.29 is 4.39 Å². The minimum Gasteiger partial charge on any atom is -0.207 e. The first-order chi connectivity index (χ1) is 4.61. The Morgan fingerprint density at radius 3 is 2.50 bits per heavy atom. The molecule has 0 fully saturated rings. The van der Waals surface area contributed by atoms with E-state index in [9.17, 15) is 4.39 Å². The first kappa shape index (κ1) is 7.52. The first-order valence-corrected chi connectivity index (χ1v) is 3.67. The summed E-state index contributed by atoms with van der Waals surface area (Å²) in [6.07, 6.45) is 3.29. The molecule has 0 saturated carbocycles. The Morgan fingerprint density at radius 2 is 2.00 bits per heavy atom. The molecule has 0 bridgehead atoms. The highest BCUT2D eigenvalue weighted by atomic mass is 19.1. The van der Waals surface area contributed by atoms with Crippen LogP contribution >= 0.6 is 0 Å². The third kappa shape index (κ3) is 1.28. The van der Waals surface area contributed by atoms with Gasteiger partial charge in [-0.1, -0.05) is 19.4 Å². The summed E-state index contributed by atoms with van der Waals surface area (Å²) < 4.78 is 12.6. The summed E-state index contributed by atoms with van der Waals surface area (Å²) in [5.74, 6) is 0.771. The second-order valence-corrected chi connectivity index (χ2v) is 3.09. The van der Waals surface area contributed by atoms with E-state index >= 15 is 0 Å². The van der Waals surface area contributed by atoms with Crippen molar-refractivity contribution in [2.75, 3.05) is 0 Å². The zero-order valence-electron chi connectivity index (χ0n) is 6.69. The normalized spacial score (nSPS) is 33.2. The number of hydrogen-bond acceptors (Lipinski definition) is 0. The predicted octanol–water partition coefficient (Wildman–Crippen LogP) is 3.07. The van der Waals surface area contributed by atoms with Crippen molar-refractivity contribution in [1.82, 2.24) is 0 Å². The van der Waals surface area contributed by atoms with Crippen molar-refractivity contribution in [1.29, 1.82) is 0 Å². The van der Waals surface area contributed by atoms with Gasteiger partial charge in [0.05, 0.1) is 0 Å². The van der Waals surface area contributed by atoms with E-state index in [1.807, 2.05) is 13.8 Å². The summed E-state index contributed by atoms with van der Waals surface area (Å²) in [6, 6.07) is 0. The molecule has 1 rings (SSSR count). The Balaban J connectivity index is 2.85. The second kappa shape index (κ2) is 2.57. The third-order valence-electron chi connectivity index (χ3n) is 2.29. The average molecular weight is 140 g/mol. The zero-order chi connectivity index (χ0) is 7.72. The van der Waals surface area contributed by atoms with Gasteiger partial charge in [0.25, 0.3) is 0 Å². The van der Waals surface area contributed by atoms with Crippen LogP contribution in [0, 0.1) is 11.8 Å². The van der Waals surface area contributed by atoms with Gasteiger partial charge < -0.3 is 0 Å². The summed E-state index contributed by atoms with van der Waals surface area (Å²) in [6.45, 7) is 6.15. The summed E-state index contributed by atoms with van der Waals surface area (Å²) in [5.41, 5.74) is 1.15. The molecule has 0 saturated heterocycles. The van der Waals surface area contributed by atoms with Crippen LogP contribution < -0.4 is 0 Å². The van der Waals surface area contributed by atoms with Crippen molar-refractivity contribution in [3.63, 3.8) is 0 Å². The van der Waals surface area contributed by atoms with Gasteiger partial charge in [0.1, 0.15) is 5.83 Å². The molecule has 1 heteroatoms. The lowest BCUT2D eigenvalue weighted by atomic mass is 9.85. The van der Waals surface area contributed by atoms with E-state index in [2.05, 4.69) is 6.92 Å². The fourth-order valence-electron chi connectivity index (χ4n) is 1.21.